The maximum Gasteiger partial charge on any atom is 0.172 e. The molecule has 2 heterocycles. The van der Waals surface area contributed by atoms with E-state index in [1.807, 2.05) is 24.3 Å². The van der Waals surface area contributed by atoms with Crippen LogP contribution in [0.3, 0.4) is 0 Å². The summed E-state index contributed by atoms with van der Waals surface area (Å²) in [6.45, 7) is 2.10. The Hall–Kier alpha value is -1.39. The van der Waals surface area contributed by atoms with E-state index in [4.69, 9.17) is 11.6 Å². The first kappa shape index (κ1) is 12.6. The first-order valence-electron chi connectivity index (χ1n) is 6.61. The maximum absolute atomic E-state index is 6.29. The zero-order valence-corrected chi connectivity index (χ0v) is 11.7. The van der Waals surface area contributed by atoms with Crippen LogP contribution in [0.25, 0.3) is 11.0 Å². The monoisotopic (exact) mass is 276 g/mol. The molecule has 19 heavy (non-hydrogen) atoms. The molecule has 1 saturated heterocycles. The molecule has 0 spiro atoms. The van der Waals surface area contributed by atoms with E-state index in [-0.39, 0.29) is 0 Å². The molecule has 3 rings (SSSR count). The van der Waals surface area contributed by atoms with E-state index in [2.05, 4.69) is 27.2 Å². The molecule has 0 radical (unpaired) electrons. The van der Waals surface area contributed by atoms with Crippen LogP contribution in [0.5, 0.6) is 0 Å². The minimum Gasteiger partial charge on any atom is -0.354 e. The van der Waals surface area contributed by atoms with Crippen LogP contribution in [-0.4, -0.2) is 36.1 Å². The molecule has 4 nitrogen and oxygen atoms in total. The van der Waals surface area contributed by atoms with Gasteiger partial charge in [0.05, 0.1) is 11.0 Å². The zero-order chi connectivity index (χ0) is 13.2. The molecule has 0 unspecified atom stereocenters. The SMILES string of the molecule is CN(c1nc2ccccc2nc1Cl)C1CCNCC1. The van der Waals surface area contributed by atoms with Crippen LogP contribution in [-0.2, 0) is 0 Å². The van der Waals surface area contributed by atoms with Crippen molar-refractivity contribution in [3.63, 3.8) is 0 Å². The largest absolute Gasteiger partial charge is 0.354 e. The first-order chi connectivity index (χ1) is 9.25. The Morgan fingerprint density at radius 1 is 1.16 bits per heavy atom. The molecule has 1 aromatic carbocycles. The van der Waals surface area contributed by atoms with Crippen LogP contribution in [0, 0.1) is 0 Å². The Labute approximate surface area is 117 Å². The highest BCUT2D eigenvalue weighted by atomic mass is 35.5. The third-order valence-electron chi connectivity index (χ3n) is 3.70. The third-order valence-corrected chi connectivity index (χ3v) is 3.96. The van der Waals surface area contributed by atoms with Gasteiger partial charge in [-0.2, -0.15) is 0 Å². The van der Waals surface area contributed by atoms with Crippen molar-refractivity contribution in [1.29, 1.82) is 0 Å². The lowest BCUT2D eigenvalue weighted by atomic mass is 10.1. The lowest BCUT2D eigenvalue weighted by Crippen LogP contribution is -2.41. The van der Waals surface area contributed by atoms with Gasteiger partial charge < -0.3 is 10.2 Å². The average Bonchev–Trinajstić information content (AvgIpc) is 2.47. The zero-order valence-electron chi connectivity index (χ0n) is 10.9. The molecule has 1 fully saturated rings. The molecule has 1 aliphatic heterocycles. The Morgan fingerprint density at radius 3 is 2.47 bits per heavy atom. The minimum absolute atomic E-state index is 0.481. The van der Waals surface area contributed by atoms with E-state index in [1.54, 1.807) is 0 Å². The molecule has 5 heteroatoms. The lowest BCUT2D eigenvalue weighted by molar-refractivity contribution is 0.442. The van der Waals surface area contributed by atoms with E-state index in [0.29, 0.717) is 11.2 Å². The summed E-state index contributed by atoms with van der Waals surface area (Å²) in [7, 11) is 2.06. The highest BCUT2D eigenvalue weighted by Crippen LogP contribution is 2.26. The second-order valence-corrected chi connectivity index (χ2v) is 5.28. The number of aromatic nitrogens is 2. The summed E-state index contributed by atoms with van der Waals surface area (Å²) in [6, 6.07) is 8.30. The molecule has 1 N–H and O–H groups in total. The van der Waals surface area contributed by atoms with Gasteiger partial charge in [-0.1, -0.05) is 23.7 Å². The lowest BCUT2D eigenvalue weighted by Gasteiger charge is -2.32. The molecule has 1 aliphatic rings. The predicted octanol–water partition coefficient (Wildman–Crippen LogP) is 2.47. The molecule has 0 aliphatic carbocycles. The topological polar surface area (TPSA) is 41.1 Å². The first-order valence-corrected chi connectivity index (χ1v) is 6.99. The summed E-state index contributed by atoms with van der Waals surface area (Å²) < 4.78 is 0. The average molecular weight is 277 g/mol. The van der Waals surface area contributed by atoms with Crippen molar-refractivity contribution in [1.82, 2.24) is 15.3 Å². The smallest absolute Gasteiger partial charge is 0.172 e. The van der Waals surface area contributed by atoms with Crippen molar-refractivity contribution < 1.29 is 0 Å². The fourth-order valence-corrected chi connectivity index (χ4v) is 2.83. The normalized spacial score (nSPS) is 16.7. The van der Waals surface area contributed by atoms with Crippen LogP contribution in [0.1, 0.15) is 12.8 Å². The third kappa shape index (κ3) is 2.51. The summed E-state index contributed by atoms with van der Waals surface area (Å²) in [5.74, 6) is 0.785. The van der Waals surface area contributed by atoms with Crippen molar-refractivity contribution in [3.05, 3.63) is 29.4 Å². The van der Waals surface area contributed by atoms with Gasteiger partial charge in [-0.15, -0.1) is 0 Å². The maximum atomic E-state index is 6.29. The summed E-state index contributed by atoms with van der Waals surface area (Å²) in [6.07, 6.45) is 2.22. The Morgan fingerprint density at radius 2 is 1.79 bits per heavy atom. The molecular formula is C14H17ClN4. The van der Waals surface area contributed by atoms with Crippen molar-refractivity contribution in [2.75, 3.05) is 25.0 Å². The molecule has 100 valence electrons. The van der Waals surface area contributed by atoms with Gasteiger partial charge in [-0.3, -0.25) is 0 Å². The molecular weight excluding hydrogens is 260 g/mol. The number of nitrogens with zero attached hydrogens (tertiary/aromatic N) is 3. The molecule has 0 amide bonds. The number of benzene rings is 1. The van der Waals surface area contributed by atoms with Crippen molar-refractivity contribution in [3.8, 4) is 0 Å². The van der Waals surface area contributed by atoms with Crippen LogP contribution >= 0.6 is 11.6 Å². The summed E-state index contributed by atoms with van der Waals surface area (Å²) in [4.78, 5) is 11.3. The van der Waals surface area contributed by atoms with Crippen LogP contribution in [0.15, 0.2) is 24.3 Å². The number of anilines is 1. The number of hydrogen-bond donors (Lipinski definition) is 1. The highest BCUT2D eigenvalue weighted by Gasteiger charge is 2.21. The Kier molecular flexibility index (Phi) is 3.53. The fraction of sp³-hybridized carbons (Fsp3) is 0.429. The number of para-hydroxylation sites is 2. The number of nitrogens with one attached hydrogen (secondary N) is 1. The van der Waals surface area contributed by atoms with E-state index in [0.717, 1.165) is 42.8 Å². The van der Waals surface area contributed by atoms with Gasteiger partial charge in [-0.05, 0) is 38.1 Å². The van der Waals surface area contributed by atoms with Crippen LogP contribution < -0.4 is 10.2 Å². The fourth-order valence-electron chi connectivity index (χ4n) is 2.56. The quantitative estimate of drug-likeness (QED) is 0.915. The molecule has 0 atom stereocenters. The van der Waals surface area contributed by atoms with Crippen molar-refractivity contribution in [2.45, 2.75) is 18.9 Å². The molecule has 0 bridgehead atoms. The van der Waals surface area contributed by atoms with Gasteiger partial charge >= 0.3 is 0 Å². The molecule has 1 aromatic heterocycles. The second kappa shape index (κ2) is 5.31. The number of piperidine rings is 1. The number of fused-ring (bicyclic) bond motifs is 1. The van der Waals surface area contributed by atoms with E-state index in [9.17, 15) is 0 Å². The van der Waals surface area contributed by atoms with Crippen LogP contribution in [0.4, 0.5) is 5.82 Å². The molecule has 0 saturated carbocycles. The number of hydrogen-bond acceptors (Lipinski definition) is 4. The Balaban J connectivity index is 1.96. The highest BCUT2D eigenvalue weighted by molar-refractivity contribution is 6.32. The number of rotatable bonds is 2. The van der Waals surface area contributed by atoms with E-state index in [1.165, 1.54) is 0 Å². The van der Waals surface area contributed by atoms with Crippen molar-refractivity contribution in [2.24, 2.45) is 0 Å². The minimum atomic E-state index is 0.481. The molecule has 2 aromatic rings. The summed E-state index contributed by atoms with van der Waals surface area (Å²) in [5.41, 5.74) is 1.73. The van der Waals surface area contributed by atoms with Gasteiger partial charge in [0.25, 0.3) is 0 Å². The number of halogens is 1. The standard InChI is InChI=1S/C14H17ClN4/c1-19(10-6-8-16-9-7-10)14-13(15)17-11-4-2-3-5-12(11)18-14/h2-5,10,16H,6-9H2,1H3. The van der Waals surface area contributed by atoms with E-state index < -0.39 is 0 Å². The van der Waals surface area contributed by atoms with Gasteiger partial charge in [0.15, 0.2) is 11.0 Å². The van der Waals surface area contributed by atoms with Gasteiger partial charge in [-0.25, -0.2) is 9.97 Å². The van der Waals surface area contributed by atoms with Gasteiger partial charge in [0, 0.05) is 13.1 Å². The summed E-state index contributed by atoms with van der Waals surface area (Å²) in [5, 5.41) is 3.86. The van der Waals surface area contributed by atoms with Gasteiger partial charge in [0.1, 0.15) is 0 Å². The Bertz CT molecular complexity index is 581. The van der Waals surface area contributed by atoms with Crippen LogP contribution in [0.2, 0.25) is 5.15 Å². The summed E-state index contributed by atoms with van der Waals surface area (Å²) >= 11 is 6.29. The van der Waals surface area contributed by atoms with Crippen molar-refractivity contribution >= 4 is 28.5 Å². The second-order valence-electron chi connectivity index (χ2n) is 4.92. The van der Waals surface area contributed by atoms with E-state index >= 15 is 0 Å². The van der Waals surface area contributed by atoms with Gasteiger partial charge in [0.2, 0.25) is 0 Å². The predicted molar refractivity (Wildman–Crippen MR) is 78.8 cm³/mol.